The molecule has 2 heterocycles. The molecule has 3 atom stereocenters. The van der Waals surface area contributed by atoms with Gasteiger partial charge < -0.3 is 20.3 Å². The van der Waals surface area contributed by atoms with Crippen LogP contribution in [0, 0.1) is 0 Å². The van der Waals surface area contributed by atoms with E-state index in [1.165, 1.54) is 0 Å². The van der Waals surface area contributed by atoms with Crippen molar-refractivity contribution < 1.29 is 19.4 Å². The molecule has 3 rings (SSSR count). The number of aryl methyl sites for hydroxylation is 1. The van der Waals surface area contributed by atoms with E-state index in [2.05, 4.69) is 10.3 Å². The Morgan fingerprint density at radius 1 is 1.29 bits per heavy atom. The maximum Gasteiger partial charge on any atom is 0.226 e. The highest BCUT2D eigenvalue weighted by Crippen LogP contribution is 2.25. The lowest BCUT2D eigenvalue weighted by atomic mass is 10.1. The van der Waals surface area contributed by atoms with E-state index in [1.807, 2.05) is 37.4 Å². The van der Waals surface area contributed by atoms with Crippen LogP contribution in [0.4, 0.5) is 0 Å². The summed E-state index contributed by atoms with van der Waals surface area (Å²) in [5.41, 5.74) is 6.85. The third kappa shape index (κ3) is 5.77. The highest BCUT2D eigenvalue weighted by Gasteiger charge is 2.29. The second kappa shape index (κ2) is 9.66. The average molecular weight is 388 g/mol. The van der Waals surface area contributed by atoms with E-state index in [9.17, 15) is 9.90 Å². The SMILES string of the molecule is CC1CCC(O)[C@@H](Oc2ccc(-c3cn(CCCCCC(N)=O)nn3)cc2)O1. The van der Waals surface area contributed by atoms with Crippen molar-refractivity contribution in [2.75, 3.05) is 0 Å². The fourth-order valence-electron chi connectivity index (χ4n) is 3.16. The number of hydrogen-bond donors (Lipinski definition) is 2. The van der Waals surface area contributed by atoms with Gasteiger partial charge in [0.1, 0.15) is 17.5 Å². The van der Waals surface area contributed by atoms with Crippen molar-refractivity contribution in [3.63, 3.8) is 0 Å². The van der Waals surface area contributed by atoms with Crippen LogP contribution in [0.15, 0.2) is 30.5 Å². The first kappa shape index (κ1) is 20.3. The largest absolute Gasteiger partial charge is 0.462 e. The number of ether oxygens (including phenoxy) is 2. The van der Waals surface area contributed by atoms with Crippen molar-refractivity contribution in [2.24, 2.45) is 5.73 Å². The lowest BCUT2D eigenvalue weighted by Crippen LogP contribution is -2.41. The lowest BCUT2D eigenvalue weighted by molar-refractivity contribution is -0.196. The van der Waals surface area contributed by atoms with Crippen LogP contribution in [0.1, 0.15) is 45.4 Å². The van der Waals surface area contributed by atoms with Crippen LogP contribution >= 0.6 is 0 Å². The van der Waals surface area contributed by atoms with Crippen molar-refractivity contribution in [3.8, 4) is 17.0 Å². The standard InChI is InChI=1S/C20H28N4O4/c1-14-6-11-18(25)20(27-14)28-16-9-7-15(8-10-16)17-13-24(23-22-17)12-4-2-3-5-19(21)26/h7-10,13-14,18,20,25H,2-6,11-12H2,1H3,(H2,21,26)/t14?,18?,20-/m1/s1. The smallest absolute Gasteiger partial charge is 0.226 e. The molecule has 0 bridgehead atoms. The van der Waals surface area contributed by atoms with E-state index in [1.54, 1.807) is 4.68 Å². The highest BCUT2D eigenvalue weighted by atomic mass is 16.7. The van der Waals surface area contributed by atoms with Gasteiger partial charge in [-0.2, -0.15) is 0 Å². The highest BCUT2D eigenvalue weighted by molar-refractivity contribution is 5.73. The number of nitrogens with zero attached hydrogens (tertiary/aromatic N) is 3. The molecule has 152 valence electrons. The zero-order chi connectivity index (χ0) is 19.9. The third-order valence-corrected chi connectivity index (χ3v) is 4.80. The minimum atomic E-state index is -0.634. The van der Waals surface area contributed by atoms with Crippen LogP contribution in [0.2, 0.25) is 0 Å². The van der Waals surface area contributed by atoms with E-state index in [-0.39, 0.29) is 12.0 Å². The number of carbonyl (C=O) groups is 1. The zero-order valence-corrected chi connectivity index (χ0v) is 16.2. The molecule has 8 heteroatoms. The van der Waals surface area contributed by atoms with Gasteiger partial charge in [0.25, 0.3) is 0 Å². The predicted molar refractivity (Wildman–Crippen MR) is 103 cm³/mol. The molecule has 2 aromatic rings. The Bertz CT molecular complexity index is 762. The van der Waals surface area contributed by atoms with Crippen molar-refractivity contribution in [1.29, 1.82) is 0 Å². The van der Waals surface area contributed by atoms with Gasteiger partial charge in [-0.1, -0.05) is 11.6 Å². The van der Waals surface area contributed by atoms with Crippen molar-refractivity contribution in [2.45, 2.75) is 70.5 Å². The summed E-state index contributed by atoms with van der Waals surface area (Å²) >= 11 is 0. The number of aromatic nitrogens is 3. The second-order valence-electron chi connectivity index (χ2n) is 7.25. The van der Waals surface area contributed by atoms with Gasteiger partial charge in [-0.3, -0.25) is 9.48 Å². The van der Waals surface area contributed by atoms with Crippen molar-refractivity contribution >= 4 is 5.91 Å². The lowest BCUT2D eigenvalue weighted by Gasteiger charge is -2.32. The first-order valence-corrected chi connectivity index (χ1v) is 9.80. The molecule has 1 fully saturated rings. The minimum absolute atomic E-state index is 0.0820. The molecular formula is C20H28N4O4. The summed E-state index contributed by atoms with van der Waals surface area (Å²) in [4.78, 5) is 10.7. The Morgan fingerprint density at radius 3 is 2.82 bits per heavy atom. The fourth-order valence-corrected chi connectivity index (χ4v) is 3.16. The van der Waals surface area contributed by atoms with Crippen LogP contribution in [-0.4, -0.2) is 44.5 Å². The maximum atomic E-state index is 10.7. The quantitative estimate of drug-likeness (QED) is 0.637. The molecule has 0 radical (unpaired) electrons. The molecule has 1 amide bonds. The maximum absolute atomic E-state index is 10.7. The molecule has 28 heavy (non-hydrogen) atoms. The number of aliphatic hydroxyl groups is 1. The predicted octanol–water partition coefficient (Wildman–Crippen LogP) is 2.26. The van der Waals surface area contributed by atoms with Crippen LogP contribution < -0.4 is 10.5 Å². The van der Waals surface area contributed by atoms with E-state index >= 15 is 0 Å². The van der Waals surface area contributed by atoms with E-state index in [0.717, 1.165) is 43.5 Å². The number of primary amides is 1. The zero-order valence-electron chi connectivity index (χ0n) is 16.2. The van der Waals surface area contributed by atoms with Gasteiger partial charge in [0.05, 0.1) is 12.3 Å². The van der Waals surface area contributed by atoms with Crippen molar-refractivity contribution in [3.05, 3.63) is 30.5 Å². The number of rotatable bonds is 9. The van der Waals surface area contributed by atoms with E-state index in [0.29, 0.717) is 18.6 Å². The van der Waals surface area contributed by atoms with E-state index < -0.39 is 12.4 Å². The second-order valence-corrected chi connectivity index (χ2v) is 7.25. The molecule has 3 N–H and O–H groups in total. The molecule has 0 saturated carbocycles. The Hall–Kier alpha value is -2.45. The van der Waals surface area contributed by atoms with Gasteiger partial charge >= 0.3 is 0 Å². The number of benzene rings is 1. The molecule has 0 spiro atoms. The monoisotopic (exact) mass is 388 g/mol. The first-order chi connectivity index (χ1) is 13.5. The number of nitrogens with two attached hydrogens (primary N) is 1. The van der Waals surface area contributed by atoms with E-state index in [4.69, 9.17) is 15.2 Å². The van der Waals surface area contributed by atoms with Crippen LogP contribution in [0.25, 0.3) is 11.3 Å². The number of aliphatic hydroxyl groups excluding tert-OH is 1. The van der Waals surface area contributed by atoms with Gasteiger partial charge in [-0.15, -0.1) is 5.10 Å². The summed E-state index contributed by atoms with van der Waals surface area (Å²) < 4.78 is 13.2. The summed E-state index contributed by atoms with van der Waals surface area (Å²) in [5, 5.41) is 18.4. The fraction of sp³-hybridized carbons (Fsp3) is 0.550. The number of carbonyl (C=O) groups excluding carboxylic acids is 1. The van der Waals surface area contributed by atoms with Crippen LogP contribution in [-0.2, 0) is 16.1 Å². The normalized spacial score (nSPS) is 22.1. The molecule has 0 aliphatic carbocycles. The molecule has 1 aliphatic rings. The molecule has 1 aromatic heterocycles. The van der Waals surface area contributed by atoms with Gasteiger partial charge in [0.2, 0.25) is 12.2 Å². The Labute approximate surface area is 164 Å². The molecule has 8 nitrogen and oxygen atoms in total. The number of unbranched alkanes of at least 4 members (excludes halogenated alkanes) is 2. The summed E-state index contributed by atoms with van der Waals surface area (Å²) in [6.45, 7) is 2.73. The average Bonchev–Trinajstić information content (AvgIpc) is 3.14. The molecule has 2 unspecified atom stereocenters. The summed E-state index contributed by atoms with van der Waals surface area (Å²) in [5.74, 6) is 0.387. The van der Waals surface area contributed by atoms with Gasteiger partial charge in [0.15, 0.2) is 0 Å². The van der Waals surface area contributed by atoms with Gasteiger partial charge in [-0.25, -0.2) is 0 Å². The Balaban J connectivity index is 1.51. The van der Waals surface area contributed by atoms with Gasteiger partial charge in [-0.05, 0) is 56.9 Å². The molecular weight excluding hydrogens is 360 g/mol. The molecule has 1 saturated heterocycles. The van der Waals surface area contributed by atoms with Gasteiger partial charge in [0, 0.05) is 18.5 Å². The van der Waals surface area contributed by atoms with Crippen LogP contribution in [0.5, 0.6) is 5.75 Å². The number of hydrogen-bond acceptors (Lipinski definition) is 6. The minimum Gasteiger partial charge on any atom is -0.462 e. The summed E-state index contributed by atoms with van der Waals surface area (Å²) in [7, 11) is 0. The third-order valence-electron chi connectivity index (χ3n) is 4.80. The number of amides is 1. The van der Waals surface area contributed by atoms with Crippen LogP contribution in [0.3, 0.4) is 0 Å². The molecule has 1 aliphatic heterocycles. The first-order valence-electron chi connectivity index (χ1n) is 9.80. The van der Waals surface area contributed by atoms with Crippen molar-refractivity contribution in [1.82, 2.24) is 15.0 Å². The topological polar surface area (TPSA) is 112 Å². The summed E-state index contributed by atoms with van der Waals surface area (Å²) in [6.07, 6.45) is 5.33. The Kier molecular flexibility index (Phi) is 7.00. The summed E-state index contributed by atoms with van der Waals surface area (Å²) in [6, 6.07) is 7.51. The molecule has 1 aromatic carbocycles. The Morgan fingerprint density at radius 2 is 2.07 bits per heavy atom.